The monoisotopic (exact) mass is 279 g/mol. The van der Waals surface area contributed by atoms with E-state index in [4.69, 9.17) is 4.74 Å². The molecule has 5 heteroatoms. The molecule has 1 atom stereocenters. The van der Waals surface area contributed by atoms with Crippen LogP contribution in [0.2, 0.25) is 0 Å². The highest BCUT2D eigenvalue weighted by atomic mass is 16.5. The zero-order valence-electron chi connectivity index (χ0n) is 11.9. The second-order valence-corrected chi connectivity index (χ2v) is 4.37. The number of carbonyl (C=O) groups is 2. The van der Waals surface area contributed by atoms with Crippen LogP contribution in [0, 0.1) is 0 Å². The minimum absolute atomic E-state index is 0.206. The van der Waals surface area contributed by atoms with E-state index in [9.17, 15) is 14.7 Å². The van der Waals surface area contributed by atoms with Crippen molar-refractivity contribution >= 4 is 11.9 Å². The summed E-state index contributed by atoms with van der Waals surface area (Å²) in [5.74, 6) is -1.00. The molecule has 1 aromatic rings. The summed E-state index contributed by atoms with van der Waals surface area (Å²) in [5, 5.41) is 11.7. The molecule has 0 heterocycles. The van der Waals surface area contributed by atoms with Gasteiger partial charge in [-0.2, -0.15) is 0 Å². The van der Waals surface area contributed by atoms with Gasteiger partial charge >= 0.3 is 5.97 Å². The Kier molecular flexibility index (Phi) is 6.73. The lowest BCUT2D eigenvalue weighted by Gasteiger charge is -2.16. The van der Waals surface area contributed by atoms with Gasteiger partial charge in [-0.15, -0.1) is 0 Å². The summed E-state index contributed by atoms with van der Waals surface area (Å²) in [6.45, 7) is 3.42. The van der Waals surface area contributed by atoms with Gasteiger partial charge in [0.25, 0.3) is 5.91 Å². The molecule has 0 bridgehead atoms. The molecule has 0 saturated carbocycles. The number of amides is 1. The lowest BCUT2D eigenvalue weighted by molar-refractivity contribution is -0.146. The maximum absolute atomic E-state index is 12.2. The molecule has 0 radical (unpaired) electrons. The first-order chi connectivity index (χ1) is 9.63. The number of hydrogen-bond donors (Lipinski definition) is 2. The summed E-state index contributed by atoms with van der Waals surface area (Å²) in [6, 6.07) is 6.21. The maximum Gasteiger partial charge on any atom is 0.331 e. The number of ether oxygens (including phenoxy) is 1. The van der Waals surface area contributed by atoms with E-state index in [1.165, 1.54) is 0 Å². The summed E-state index contributed by atoms with van der Waals surface area (Å²) in [4.78, 5) is 23.7. The van der Waals surface area contributed by atoms with Gasteiger partial charge in [0.15, 0.2) is 6.04 Å². The van der Waals surface area contributed by atoms with Gasteiger partial charge in [0.05, 0.1) is 13.2 Å². The van der Waals surface area contributed by atoms with E-state index in [0.717, 1.165) is 18.4 Å². The number of aliphatic hydroxyl groups is 1. The summed E-state index contributed by atoms with van der Waals surface area (Å²) in [6.07, 6.45) is 1.71. The zero-order valence-corrected chi connectivity index (χ0v) is 11.9. The van der Waals surface area contributed by atoms with Crippen molar-refractivity contribution in [1.29, 1.82) is 0 Å². The minimum atomic E-state index is -1.03. The molecule has 0 aliphatic heterocycles. The fraction of sp³-hybridized carbons (Fsp3) is 0.467. The number of hydrogen-bond acceptors (Lipinski definition) is 4. The van der Waals surface area contributed by atoms with Crippen LogP contribution in [0.4, 0.5) is 0 Å². The molecule has 1 rings (SSSR count). The number of aliphatic hydroxyl groups excluding tert-OH is 1. The van der Waals surface area contributed by atoms with Crippen LogP contribution in [0.1, 0.15) is 36.2 Å². The molecule has 1 amide bonds. The van der Waals surface area contributed by atoms with Crippen LogP contribution in [-0.2, 0) is 16.0 Å². The first kappa shape index (κ1) is 16.2. The Morgan fingerprint density at radius 2 is 2.00 bits per heavy atom. The molecule has 5 nitrogen and oxygen atoms in total. The Labute approximate surface area is 118 Å². The average Bonchev–Trinajstić information content (AvgIpc) is 2.45. The van der Waals surface area contributed by atoms with E-state index in [-0.39, 0.29) is 12.5 Å². The van der Waals surface area contributed by atoms with Crippen molar-refractivity contribution < 1.29 is 19.4 Å². The second kappa shape index (κ2) is 8.32. The summed E-state index contributed by atoms with van der Waals surface area (Å²) < 4.78 is 4.80. The summed E-state index contributed by atoms with van der Waals surface area (Å²) in [5.41, 5.74) is 1.45. The highest BCUT2D eigenvalue weighted by molar-refractivity contribution is 5.98. The van der Waals surface area contributed by atoms with Crippen LogP contribution < -0.4 is 5.32 Å². The lowest BCUT2D eigenvalue weighted by atomic mass is 10.0. The van der Waals surface area contributed by atoms with Crippen molar-refractivity contribution in [2.24, 2.45) is 0 Å². The fourth-order valence-electron chi connectivity index (χ4n) is 1.89. The van der Waals surface area contributed by atoms with Crippen molar-refractivity contribution in [3.8, 4) is 0 Å². The van der Waals surface area contributed by atoms with Crippen LogP contribution in [-0.4, -0.2) is 36.2 Å². The van der Waals surface area contributed by atoms with Gasteiger partial charge in [0.2, 0.25) is 0 Å². The van der Waals surface area contributed by atoms with Gasteiger partial charge in [0.1, 0.15) is 0 Å². The normalized spacial score (nSPS) is 11.8. The van der Waals surface area contributed by atoms with Crippen molar-refractivity contribution in [3.63, 3.8) is 0 Å². The number of carbonyl (C=O) groups excluding carboxylic acids is 2. The molecule has 0 aliphatic rings. The number of esters is 1. The van der Waals surface area contributed by atoms with Crippen molar-refractivity contribution in [2.75, 3.05) is 13.2 Å². The van der Waals surface area contributed by atoms with Crippen LogP contribution in [0.25, 0.3) is 0 Å². The van der Waals surface area contributed by atoms with Crippen molar-refractivity contribution in [1.82, 2.24) is 5.32 Å². The highest BCUT2D eigenvalue weighted by Gasteiger charge is 2.22. The summed E-state index contributed by atoms with van der Waals surface area (Å²) >= 11 is 0. The third-order valence-electron chi connectivity index (χ3n) is 2.84. The zero-order chi connectivity index (χ0) is 15.0. The van der Waals surface area contributed by atoms with E-state index in [2.05, 4.69) is 5.32 Å². The van der Waals surface area contributed by atoms with Crippen molar-refractivity contribution in [2.45, 2.75) is 32.7 Å². The molecule has 0 aromatic heterocycles. The van der Waals surface area contributed by atoms with Crippen LogP contribution >= 0.6 is 0 Å². The highest BCUT2D eigenvalue weighted by Crippen LogP contribution is 2.11. The van der Waals surface area contributed by atoms with Crippen LogP contribution in [0.5, 0.6) is 0 Å². The molecule has 1 aromatic carbocycles. The molecule has 0 aliphatic carbocycles. The van der Waals surface area contributed by atoms with Crippen molar-refractivity contribution in [3.05, 3.63) is 35.4 Å². The number of nitrogens with one attached hydrogen (secondary N) is 1. The van der Waals surface area contributed by atoms with E-state index >= 15 is 0 Å². The minimum Gasteiger partial charge on any atom is -0.464 e. The molecule has 0 spiro atoms. The number of aryl methyl sites for hydroxylation is 1. The third-order valence-corrected chi connectivity index (χ3v) is 2.84. The molecular formula is C15H21NO4. The Bertz CT molecular complexity index is 459. The van der Waals surface area contributed by atoms with Gasteiger partial charge in [-0.3, -0.25) is 4.79 Å². The third kappa shape index (κ3) is 4.35. The predicted molar refractivity (Wildman–Crippen MR) is 75.4 cm³/mol. The van der Waals surface area contributed by atoms with E-state index in [0.29, 0.717) is 5.56 Å². The molecular weight excluding hydrogens is 258 g/mol. The topological polar surface area (TPSA) is 75.6 Å². The molecule has 0 unspecified atom stereocenters. The Hall–Kier alpha value is -1.88. The molecule has 20 heavy (non-hydrogen) atoms. The first-order valence-corrected chi connectivity index (χ1v) is 6.80. The van der Waals surface area contributed by atoms with Gasteiger partial charge in [-0.05, 0) is 25.0 Å². The maximum atomic E-state index is 12.2. The lowest BCUT2D eigenvalue weighted by Crippen LogP contribution is -2.44. The van der Waals surface area contributed by atoms with Gasteiger partial charge < -0.3 is 15.2 Å². The number of rotatable bonds is 7. The fourth-order valence-corrected chi connectivity index (χ4v) is 1.89. The van der Waals surface area contributed by atoms with Crippen LogP contribution in [0.15, 0.2) is 24.3 Å². The van der Waals surface area contributed by atoms with Crippen LogP contribution in [0.3, 0.4) is 0 Å². The second-order valence-electron chi connectivity index (χ2n) is 4.37. The standard InChI is InChI=1S/C15H21NO4/c1-3-7-11-8-5-6-9-12(11)14(18)16-13(10-17)15(19)20-4-2/h5-6,8-9,13,17H,3-4,7,10H2,1-2H3,(H,16,18)/t13-/m0/s1. The molecule has 110 valence electrons. The quantitative estimate of drug-likeness (QED) is 0.738. The largest absolute Gasteiger partial charge is 0.464 e. The molecule has 0 fully saturated rings. The predicted octanol–water partition coefficient (Wildman–Crippen LogP) is 1.29. The smallest absolute Gasteiger partial charge is 0.331 e. The molecule has 0 saturated heterocycles. The van der Waals surface area contributed by atoms with E-state index < -0.39 is 18.6 Å². The van der Waals surface area contributed by atoms with E-state index in [1.54, 1.807) is 19.1 Å². The van der Waals surface area contributed by atoms with Gasteiger partial charge in [-0.1, -0.05) is 31.5 Å². The van der Waals surface area contributed by atoms with E-state index in [1.807, 2.05) is 19.1 Å². The molecule has 2 N–H and O–H groups in total. The van der Waals surface area contributed by atoms with Gasteiger partial charge in [0, 0.05) is 5.56 Å². The SMILES string of the molecule is CCCc1ccccc1C(=O)N[C@@H](CO)C(=O)OCC. The Morgan fingerprint density at radius 3 is 2.60 bits per heavy atom. The summed E-state index contributed by atoms with van der Waals surface area (Å²) in [7, 11) is 0. The first-order valence-electron chi connectivity index (χ1n) is 6.80. The Morgan fingerprint density at radius 1 is 1.30 bits per heavy atom. The average molecular weight is 279 g/mol. The Balaban J connectivity index is 2.81. The number of benzene rings is 1. The van der Waals surface area contributed by atoms with Gasteiger partial charge in [-0.25, -0.2) is 4.79 Å².